The lowest BCUT2D eigenvalue weighted by Crippen LogP contribution is -2.49. The van der Waals surface area contributed by atoms with Crippen LogP contribution in [0.15, 0.2) is 18.2 Å². The van der Waals surface area contributed by atoms with Crippen LogP contribution in [0.1, 0.15) is 20.8 Å². The quantitative estimate of drug-likeness (QED) is 0.867. The number of halogens is 2. The van der Waals surface area contributed by atoms with Gasteiger partial charge in [-0.15, -0.1) is 0 Å². The maximum atomic E-state index is 12.3. The summed E-state index contributed by atoms with van der Waals surface area (Å²) in [6, 6.07) is 4.31. The van der Waals surface area contributed by atoms with Crippen molar-refractivity contribution in [1.29, 1.82) is 0 Å². The predicted octanol–water partition coefficient (Wildman–Crippen LogP) is 3.02. The number of hydrogen-bond donors (Lipinski definition) is 1. The van der Waals surface area contributed by atoms with E-state index in [0.717, 1.165) is 4.90 Å². The van der Waals surface area contributed by atoms with Gasteiger partial charge in [0.2, 0.25) is 5.91 Å². The van der Waals surface area contributed by atoms with Crippen molar-refractivity contribution in [2.75, 3.05) is 5.01 Å². The highest BCUT2D eigenvalue weighted by atomic mass is 35.5. The molecule has 19 heavy (non-hydrogen) atoms. The molecule has 0 saturated carbocycles. The van der Waals surface area contributed by atoms with Crippen LogP contribution >= 0.6 is 23.2 Å². The highest BCUT2D eigenvalue weighted by Gasteiger charge is 2.46. The van der Waals surface area contributed by atoms with Crippen molar-refractivity contribution in [1.82, 2.24) is 10.3 Å². The average molecular weight is 302 g/mol. The van der Waals surface area contributed by atoms with E-state index in [1.54, 1.807) is 26.0 Å². The Bertz CT molecular complexity index is 560. The zero-order chi connectivity index (χ0) is 14.4. The van der Waals surface area contributed by atoms with Crippen LogP contribution in [0.25, 0.3) is 0 Å². The summed E-state index contributed by atoms with van der Waals surface area (Å²) in [5, 5.41) is 2.05. The smallest absolute Gasteiger partial charge is 0.275 e. The standard InChI is InChI=1S/C12H13Cl2N3O2/c1-7(18)16-11(19)17(15-12(16,2)3)10-5-4-8(13)6-9(10)14/h4-6,15H,1-3H3. The molecule has 3 amide bonds. The molecule has 1 aliphatic heterocycles. The van der Waals surface area contributed by atoms with Gasteiger partial charge in [-0.3, -0.25) is 4.79 Å². The Balaban J connectivity index is 2.43. The maximum absolute atomic E-state index is 12.3. The lowest BCUT2D eigenvalue weighted by atomic mass is 10.2. The minimum absolute atomic E-state index is 0.328. The predicted molar refractivity (Wildman–Crippen MR) is 74.1 cm³/mol. The topological polar surface area (TPSA) is 52.7 Å². The Morgan fingerprint density at radius 3 is 2.42 bits per heavy atom. The number of imide groups is 1. The summed E-state index contributed by atoms with van der Waals surface area (Å²) in [4.78, 5) is 25.0. The summed E-state index contributed by atoms with van der Waals surface area (Å²) in [7, 11) is 0. The van der Waals surface area contributed by atoms with E-state index in [0.29, 0.717) is 15.7 Å². The molecule has 102 valence electrons. The molecule has 7 heteroatoms. The molecule has 1 saturated heterocycles. The van der Waals surface area contributed by atoms with Crippen molar-refractivity contribution in [2.24, 2.45) is 0 Å². The molecule has 1 N–H and O–H groups in total. The number of urea groups is 1. The van der Waals surface area contributed by atoms with Gasteiger partial charge in [0.25, 0.3) is 0 Å². The van der Waals surface area contributed by atoms with Crippen LogP contribution in [0.4, 0.5) is 10.5 Å². The lowest BCUT2D eigenvalue weighted by Gasteiger charge is -2.26. The van der Waals surface area contributed by atoms with Crippen LogP contribution in [-0.2, 0) is 4.79 Å². The first-order valence-electron chi connectivity index (χ1n) is 5.62. The van der Waals surface area contributed by atoms with E-state index in [2.05, 4.69) is 5.43 Å². The Morgan fingerprint density at radius 1 is 1.32 bits per heavy atom. The van der Waals surface area contributed by atoms with Gasteiger partial charge in [-0.2, -0.15) is 0 Å². The number of rotatable bonds is 1. The molecular formula is C12H13Cl2N3O2. The number of hydrazine groups is 1. The van der Waals surface area contributed by atoms with E-state index < -0.39 is 11.7 Å². The van der Waals surface area contributed by atoms with Crippen molar-refractivity contribution in [3.63, 3.8) is 0 Å². The Hall–Kier alpha value is -1.30. The molecule has 1 aromatic rings. The summed E-state index contributed by atoms with van der Waals surface area (Å²) in [5.41, 5.74) is 2.59. The van der Waals surface area contributed by atoms with Gasteiger partial charge < -0.3 is 0 Å². The molecule has 5 nitrogen and oxygen atoms in total. The molecule has 1 fully saturated rings. The van der Waals surface area contributed by atoms with Crippen LogP contribution in [0, 0.1) is 0 Å². The highest BCUT2D eigenvalue weighted by molar-refractivity contribution is 6.36. The van der Waals surface area contributed by atoms with E-state index >= 15 is 0 Å². The second kappa shape index (κ2) is 4.67. The molecular weight excluding hydrogens is 289 g/mol. The monoisotopic (exact) mass is 301 g/mol. The average Bonchev–Trinajstić information content (AvgIpc) is 2.48. The summed E-state index contributed by atoms with van der Waals surface area (Å²) < 4.78 is 0. The van der Waals surface area contributed by atoms with Gasteiger partial charge in [-0.05, 0) is 32.0 Å². The summed E-state index contributed by atoms with van der Waals surface area (Å²) >= 11 is 11.9. The minimum Gasteiger partial charge on any atom is -0.275 e. The molecule has 0 unspecified atom stereocenters. The maximum Gasteiger partial charge on any atom is 0.347 e. The third kappa shape index (κ3) is 2.41. The minimum atomic E-state index is -0.814. The molecule has 0 spiro atoms. The third-order valence-electron chi connectivity index (χ3n) is 2.79. The van der Waals surface area contributed by atoms with Crippen molar-refractivity contribution in [3.05, 3.63) is 28.2 Å². The van der Waals surface area contributed by atoms with Crippen molar-refractivity contribution < 1.29 is 9.59 Å². The molecule has 0 atom stereocenters. The first-order valence-corrected chi connectivity index (χ1v) is 6.37. The number of carbonyl (C=O) groups is 2. The number of amides is 3. The SMILES string of the molecule is CC(=O)N1C(=O)N(c2ccc(Cl)cc2Cl)NC1(C)C. The fourth-order valence-electron chi connectivity index (χ4n) is 2.06. The molecule has 1 aromatic carbocycles. The van der Waals surface area contributed by atoms with Gasteiger partial charge in [0.15, 0.2) is 0 Å². The van der Waals surface area contributed by atoms with E-state index in [1.807, 2.05) is 0 Å². The molecule has 0 aliphatic carbocycles. The van der Waals surface area contributed by atoms with Gasteiger partial charge in [0, 0.05) is 11.9 Å². The van der Waals surface area contributed by atoms with E-state index in [4.69, 9.17) is 23.2 Å². The van der Waals surface area contributed by atoms with Gasteiger partial charge in [0.05, 0.1) is 10.7 Å². The number of anilines is 1. The lowest BCUT2D eigenvalue weighted by molar-refractivity contribution is -0.129. The summed E-state index contributed by atoms with van der Waals surface area (Å²) in [6.07, 6.45) is 0. The second-order valence-corrected chi connectivity index (χ2v) is 5.58. The highest BCUT2D eigenvalue weighted by Crippen LogP contribution is 2.33. The molecule has 1 aliphatic rings. The Morgan fingerprint density at radius 2 is 1.95 bits per heavy atom. The van der Waals surface area contributed by atoms with Crippen LogP contribution < -0.4 is 10.4 Å². The zero-order valence-corrected chi connectivity index (χ0v) is 12.2. The van der Waals surface area contributed by atoms with E-state index in [1.165, 1.54) is 18.0 Å². The largest absolute Gasteiger partial charge is 0.347 e. The third-order valence-corrected chi connectivity index (χ3v) is 3.33. The summed E-state index contributed by atoms with van der Waals surface area (Å²) in [6.45, 7) is 4.81. The number of hydrogen-bond acceptors (Lipinski definition) is 3. The van der Waals surface area contributed by atoms with E-state index in [9.17, 15) is 9.59 Å². The summed E-state index contributed by atoms with van der Waals surface area (Å²) in [5.74, 6) is -0.338. The fourth-order valence-corrected chi connectivity index (χ4v) is 2.56. The molecule has 1 heterocycles. The molecule has 0 bridgehead atoms. The van der Waals surface area contributed by atoms with Crippen LogP contribution in [0.5, 0.6) is 0 Å². The number of nitrogens with zero attached hydrogens (tertiary/aromatic N) is 2. The molecule has 2 rings (SSSR count). The number of nitrogens with one attached hydrogen (secondary N) is 1. The van der Waals surface area contributed by atoms with Crippen LogP contribution in [0.3, 0.4) is 0 Å². The normalized spacial score (nSPS) is 18.1. The van der Waals surface area contributed by atoms with Crippen LogP contribution in [-0.4, -0.2) is 22.5 Å². The van der Waals surface area contributed by atoms with Crippen LogP contribution in [0.2, 0.25) is 10.0 Å². The van der Waals surface area contributed by atoms with Gasteiger partial charge in [-0.25, -0.2) is 20.1 Å². The van der Waals surface area contributed by atoms with E-state index in [-0.39, 0.29) is 5.91 Å². The Kier molecular flexibility index (Phi) is 3.47. The first-order chi connectivity index (χ1) is 8.74. The first kappa shape index (κ1) is 14.1. The van der Waals surface area contributed by atoms with Gasteiger partial charge in [0.1, 0.15) is 5.66 Å². The van der Waals surface area contributed by atoms with Crippen molar-refractivity contribution >= 4 is 40.8 Å². The van der Waals surface area contributed by atoms with Gasteiger partial charge in [-0.1, -0.05) is 23.2 Å². The number of benzene rings is 1. The second-order valence-electron chi connectivity index (χ2n) is 4.74. The van der Waals surface area contributed by atoms with Crippen molar-refractivity contribution in [2.45, 2.75) is 26.4 Å². The number of carbonyl (C=O) groups excluding carboxylic acids is 2. The Labute approximate surface area is 121 Å². The van der Waals surface area contributed by atoms with Gasteiger partial charge >= 0.3 is 6.03 Å². The fraction of sp³-hybridized carbons (Fsp3) is 0.333. The van der Waals surface area contributed by atoms with Crippen molar-refractivity contribution in [3.8, 4) is 0 Å². The molecule has 0 aromatic heterocycles. The molecule has 0 radical (unpaired) electrons. The zero-order valence-electron chi connectivity index (χ0n) is 10.7.